The van der Waals surface area contributed by atoms with E-state index in [1.165, 1.54) is 0 Å². The molecule has 1 aliphatic heterocycles. The number of piperidine rings is 1. The van der Waals surface area contributed by atoms with Gasteiger partial charge < -0.3 is 10.8 Å². The summed E-state index contributed by atoms with van der Waals surface area (Å²) in [6.07, 6.45) is 1.96. The van der Waals surface area contributed by atoms with Gasteiger partial charge in [0, 0.05) is 12.5 Å². The molecule has 0 aromatic rings. The molecule has 5 heteroatoms. The summed E-state index contributed by atoms with van der Waals surface area (Å²) < 4.78 is 0. The van der Waals surface area contributed by atoms with Crippen molar-refractivity contribution in [1.29, 1.82) is 0 Å². The number of carboxylic acid groups (broad SMARTS) is 1. The van der Waals surface area contributed by atoms with Crippen LogP contribution in [0.1, 0.15) is 19.8 Å². The minimum atomic E-state index is -0.784. The maximum atomic E-state index is 10.8. The molecule has 80 valence electrons. The van der Waals surface area contributed by atoms with Crippen molar-refractivity contribution in [3.63, 3.8) is 0 Å². The lowest BCUT2D eigenvalue weighted by molar-refractivity contribution is -0.143. The van der Waals surface area contributed by atoms with Gasteiger partial charge in [0.25, 0.3) is 0 Å². The minimum Gasteiger partial charge on any atom is -0.480 e. The maximum absolute atomic E-state index is 10.8. The molecule has 0 saturated carbocycles. The molecule has 3 N–H and O–H groups in total. The van der Waals surface area contributed by atoms with Gasteiger partial charge in [-0.1, -0.05) is 12.2 Å². The topological polar surface area (TPSA) is 66.6 Å². The van der Waals surface area contributed by atoms with E-state index in [2.05, 4.69) is 0 Å². The zero-order chi connectivity index (χ0) is 10.7. The van der Waals surface area contributed by atoms with Crippen LogP contribution in [-0.2, 0) is 4.79 Å². The SMILES string of the molecule is CC(C(=O)O)N1CCCC(C(N)=S)C1. The van der Waals surface area contributed by atoms with Crippen molar-refractivity contribution < 1.29 is 9.90 Å². The predicted octanol–water partition coefficient (Wildman–Crippen LogP) is 0.458. The van der Waals surface area contributed by atoms with Crippen molar-refractivity contribution in [2.45, 2.75) is 25.8 Å². The largest absolute Gasteiger partial charge is 0.480 e. The zero-order valence-electron chi connectivity index (χ0n) is 8.27. The second kappa shape index (κ2) is 4.70. The molecule has 1 fully saturated rings. The third kappa shape index (κ3) is 2.65. The molecule has 0 spiro atoms. The predicted molar refractivity (Wildman–Crippen MR) is 58.2 cm³/mol. The standard InChI is InChI=1S/C9H16N2O2S/c1-6(9(12)13)11-4-2-3-7(5-11)8(10)14/h6-7H,2-5H2,1H3,(H2,10,14)(H,12,13). The first-order valence-electron chi connectivity index (χ1n) is 4.78. The highest BCUT2D eigenvalue weighted by Crippen LogP contribution is 2.18. The van der Waals surface area contributed by atoms with E-state index >= 15 is 0 Å². The first-order valence-corrected chi connectivity index (χ1v) is 5.19. The van der Waals surface area contributed by atoms with Gasteiger partial charge in [-0.25, -0.2) is 0 Å². The first kappa shape index (κ1) is 11.4. The van der Waals surface area contributed by atoms with E-state index in [0.29, 0.717) is 11.5 Å². The summed E-state index contributed by atoms with van der Waals surface area (Å²) in [6, 6.07) is -0.438. The fourth-order valence-electron chi connectivity index (χ4n) is 1.75. The zero-order valence-corrected chi connectivity index (χ0v) is 9.09. The van der Waals surface area contributed by atoms with Crippen LogP contribution in [0.25, 0.3) is 0 Å². The van der Waals surface area contributed by atoms with Crippen LogP contribution in [0.2, 0.25) is 0 Å². The number of aliphatic carboxylic acids is 1. The maximum Gasteiger partial charge on any atom is 0.320 e. The number of thiocarbonyl (C=S) groups is 1. The number of hydrogen-bond acceptors (Lipinski definition) is 3. The number of carboxylic acids is 1. The van der Waals surface area contributed by atoms with E-state index in [1.807, 2.05) is 4.90 Å². The van der Waals surface area contributed by atoms with Crippen molar-refractivity contribution in [2.24, 2.45) is 11.7 Å². The van der Waals surface area contributed by atoms with Crippen molar-refractivity contribution in [3.05, 3.63) is 0 Å². The highest BCUT2D eigenvalue weighted by molar-refractivity contribution is 7.80. The van der Waals surface area contributed by atoms with Crippen LogP contribution < -0.4 is 5.73 Å². The Morgan fingerprint density at radius 1 is 1.71 bits per heavy atom. The smallest absolute Gasteiger partial charge is 0.320 e. The van der Waals surface area contributed by atoms with Crippen LogP contribution in [0, 0.1) is 5.92 Å². The summed E-state index contributed by atoms with van der Waals surface area (Å²) in [4.78, 5) is 13.2. The van der Waals surface area contributed by atoms with Crippen LogP contribution in [0.15, 0.2) is 0 Å². The highest BCUT2D eigenvalue weighted by Gasteiger charge is 2.27. The Bertz CT molecular complexity index is 233. The van der Waals surface area contributed by atoms with E-state index in [9.17, 15) is 4.79 Å². The number of likely N-dealkylation sites (tertiary alicyclic amines) is 1. The molecule has 14 heavy (non-hydrogen) atoms. The summed E-state index contributed by atoms with van der Waals surface area (Å²) in [5.74, 6) is -0.603. The van der Waals surface area contributed by atoms with Gasteiger partial charge >= 0.3 is 5.97 Å². The van der Waals surface area contributed by atoms with E-state index in [4.69, 9.17) is 23.1 Å². The average Bonchev–Trinajstić information content (AvgIpc) is 2.16. The molecular weight excluding hydrogens is 200 g/mol. The summed E-state index contributed by atoms with van der Waals surface area (Å²) in [6.45, 7) is 3.21. The third-order valence-electron chi connectivity index (χ3n) is 2.76. The summed E-state index contributed by atoms with van der Waals surface area (Å²) in [7, 11) is 0. The summed E-state index contributed by atoms with van der Waals surface area (Å²) in [5.41, 5.74) is 5.56. The van der Waals surface area contributed by atoms with Crippen molar-refractivity contribution in [3.8, 4) is 0 Å². The molecule has 1 aliphatic rings. The third-order valence-corrected chi connectivity index (χ3v) is 3.09. The Labute approximate surface area is 89.1 Å². The molecule has 2 atom stereocenters. The molecule has 0 amide bonds. The normalized spacial score (nSPS) is 25.6. The van der Waals surface area contributed by atoms with Crippen LogP contribution in [0.5, 0.6) is 0 Å². The fraction of sp³-hybridized carbons (Fsp3) is 0.778. The minimum absolute atomic E-state index is 0.181. The van der Waals surface area contributed by atoms with Crippen molar-refractivity contribution in [2.75, 3.05) is 13.1 Å². The van der Waals surface area contributed by atoms with Crippen LogP contribution in [0.3, 0.4) is 0 Å². The number of rotatable bonds is 3. The number of nitrogens with two attached hydrogens (primary N) is 1. The van der Waals surface area contributed by atoms with Gasteiger partial charge in [0.1, 0.15) is 6.04 Å². The van der Waals surface area contributed by atoms with Gasteiger partial charge in [-0.2, -0.15) is 0 Å². The first-order chi connectivity index (χ1) is 6.52. The van der Waals surface area contributed by atoms with Crippen molar-refractivity contribution >= 4 is 23.2 Å². The second-order valence-corrected chi connectivity index (χ2v) is 4.22. The quantitative estimate of drug-likeness (QED) is 0.671. The molecule has 0 aliphatic carbocycles. The number of carbonyl (C=O) groups is 1. The lowest BCUT2D eigenvalue weighted by atomic mass is 9.97. The fourth-order valence-corrected chi connectivity index (χ4v) is 1.94. The van der Waals surface area contributed by atoms with Crippen LogP contribution in [-0.4, -0.2) is 40.1 Å². The molecule has 0 radical (unpaired) electrons. The molecule has 1 heterocycles. The van der Waals surface area contributed by atoms with E-state index in [-0.39, 0.29) is 5.92 Å². The monoisotopic (exact) mass is 216 g/mol. The molecule has 0 aromatic carbocycles. The Morgan fingerprint density at radius 3 is 2.86 bits per heavy atom. The van der Waals surface area contributed by atoms with Gasteiger partial charge in [-0.3, -0.25) is 9.69 Å². The molecule has 0 aromatic heterocycles. The molecule has 2 unspecified atom stereocenters. The van der Waals surface area contributed by atoms with Crippen LogP contribution in [0.4, 0.5) is 0 Å². The molecule has 1 rings (SSSR count). The second-order valence-electron chi connectivity index (χ2n) is 3.75. The number of nitrogens with zero attached hydrogens (tertiary/aromatic N) is 1. The van der Waals surface area contributed by atoms with Gasteiger partial charge in [0.2, 0.25) is 0 Å². The van der Waals surface area contributed by atoms with Gasteiger partial charge in [-0.05, 0) is 26.3 Å². The van der Waals surface area contributed by atoms with E-state index in [0.717, 1.165) is 19.4 Å². The highest BCUT2D eigenvalue weighted by atomic mass is 32.1. The number of hydrogen-bond donors (Lipinski definition) is 2. The Kier molecular flexibility index (Phi) is 3.83. The molecule has 0 bridgehead atoms. The van der Waals surface area contributed by atoms with Gasteiger partial charge in [-0.15, -0.1) is 0 Å². The molecular formula is C9H16N2O2S. The van der Waals surface area contributed by atoms with E-state index in [1.54, 1.807) is 6.92 Å². The van der Waals surface area contributed by atoms with Crippen LogP contribution >= 0.6 is 12.2 Å². The van der Waals surface area contributed by atoms with Gasteiger partial charge in [0.05, 0.1) is 4.99 Å². The lowest BCUT2D eigenvalue weighted by Crippen LogP contribution is -2.47. The van der Waals surface area contributed by atoms with E-state index < -0.39 is 12.0 Å². The summed E-state index contributed by atoms with van der Waals surface area (Å²) in [5, 5.41) is 8.85. The van der Waals surface area contributed by atoms with Gasteiger partial charge in [0.15, 0.2) is 0 Å². The van der Waals surface area contributed by atoms with Crippen molar-refractivity contribution in [1.82, 2.24) is 4.90 Å². The molecule has 1 saturated heterocycles. The Hall–Kier alpha value is -0.680. The lowest BCUT2D eigenvalue weighted by Gasteiger charge is -2.34. The average molecular weight is 216 g/mol. The molecule has 4 nitrogen and oxygen atoms in total. The Balaban J connectivity index is 2.55. The summed E-state index contributed by atoms with van der Waals surface area (Å²) >= 11 is 4.92. The Morgan fingerprint density at radius 2 is 2.36 bits per heavy atom.